The van der Waals surface area contributed by atoms with Crippen LogP contribution in [-0.4, -0.2) is 70.5 Å². The summed E-state index contributed by atoms with van der Waals surface area (Å²) in [7, 11) is 3.17. The largest absolute Gasteiger partial charge is 0.493 e. The molecule has 1 aliphatic carbocycles. The number of hydrogen-bond donors (Lipinski definition) is 1. The summed E-state index contributed by atoms with van der Waals surface area (Å²) in [5.74, 6) is 1.58. The molecule has 0 unspecified atom stereocenters. The van der Waals surface area contributed by atoms with E-state index in [0.29, 0.717) is 41.5 Å². The van der Waals surface area contributed by atoms with E-state index in [9.17, 15) is 9.18 Å². The number of fused-ring (bicyclic) bond motifs is 1. The minimum absolute atomic E-state index is 0.191. The third-order valence-electron chi connectivity index (χ3n) is 8.23. The van der Waals surface area contributed by atoms with Gasteiger partial charge < -0.3 is 19.4 Å². The summed E-state index contributed by atoms with van der Waals surface area (Å²) in [6.07, 6.45) is 5.55. The van der Waals surface area contributed by atoms with Crippen molar-refractivity contribution in [1.82, 2.24) is 30.1 Å². The maximum absolute atomic E-state index is 13.7. The summed E-state index contributed by atoms with van der Waals surface area (Å²) in [6, 6.07) is 11.9. The SMILES string of the molecule is COc1cc2cc([C@@H](c3nnnn3C3CCCCC3)N3CCN(c4ccc(F)cc4)CC3)c(=O)[nH]c2cc1OC. The van der Waals surface area contributed by atoms with Gasteiger partial charge in [0.15, 0.2) is 17.3 Å². The molecule has 2 fully saturated rings. The molecule has 4 aromatic rings. The second-order valence-electron chi connectivity index (χ2n) is 10.5. The molecule has 2 aromatic carbocycles. The van der Waals surface area contributed by atoms with Crippen molar-refractivity contribution >= 4 is 16.6 Å². The predicted octanol–water partition coefficient (Wildman–Crippen LogP) is 4.09. The number of rotatable bonds is 7. The van der Waals surface area contributed by atoms with Gasteiger partial charge in [-0.05, 0) is 59.7 Å². The van der Waals surface area contributed by atoms with Crippen LogP contribution in [0.1, 0.15) is 55.6 Å². The Bertz CT molecular complexity index is 1520. The van der Waals surface area contributed by atoms with E-state index < -0.39 is 6.04 Å². The minimum Gasteiger partial charge on any atom is -0.493 e. The number of nitrogens with zero attached hydrogens (tertiary/aromatic N) is 6. The molecular formula is C29H34FN7O3. The van der Waals surface area contributed by atoms with E-state index in [1.807, 2.05) is 28.9 Å². The Balaban J connectivity index is 1.40. The highest BCUT2D eigenvalue weighted by Gasteiger charge is 2.34. The van der Waals surface area contributed by atoms with Gasteiger partial charge >= 0.3 is 0 Å². The molecule has 11 heteroatoms. The number of methoxy groups -OCH3 is 2. The van der Waals surface area contributed by atoms with Gasteiger partial charge in [-0.15, -0.1) is 5.10 Å². The standard InChI is InChI=1S/C29H34FN7O3/c1-39-25-17-19-16-23(29(38)31-24(19)18-26(25)40-2)27(28-32-33-34-37(28)22-6-4-3-5-7-22)36-14-12-35(13-15-36)21-10-8-20(30)9-11-21/h8-11,16-18,22,27H,3-7,12-15H2,1-2H3,(H,31,38)/t27-/m0/s1. The third kappa shape index (κ3) is 5.01. The van der Waals surface area contributed by atoms with Crippen LogP contribution >= 0.6 is 0 Å². The molecule has 0 bridgehead atoms. The molecule has 1 aliphatic heterocycles. The first kappa shape index (κ1) is 26.2. The van der Waals surface area contributed by atoms with Crippen LogP contribution in [0.3, 0.4) is 0 Å². The number of pyridine rings is 1. The molecule has 1 atom stereocenters. The molecule has 1 saturated carbocycles. The lowest BCUT2D eigenvalue weighted by Crippen LogP contribution is -2.49. The van der Waals surface area contributed by atoms with Gasteiger partial charge in [0.2, 0.25) is 0 Å². The Hall–Kier alpha value is -3.99. The normalized spacial score (nSPS) is 17.7. The van der Waals surface area contributed by atoms with Crippen LogP contribution in [0.5, 0.6) is 11.5 Å². The van der Waals surface area contributed by atoms with Gasteiger partial charge in [0.05, 0.1) is 25.8 Å². The Morgan fingerprint density at radius 3 is 2.35 bits per heavy atom. The van der Waals surface area contributed by atoms with Gasteiger partial charge in [-0.25, -0.2) is 9.07 Å². The van der Waals surface area contributed by atoms with Crippen molar-refractivity contribution in [2.45, 2.75) is 44.2 Å². The van der Waals surface area contributed by atoms with E-state index in [-0.39, 0.29) is 17.4 Å². The van der Waals surface area contributed by atoms with Crippen LogP contribution in [0.25, 0.3) is 10.9 Å². The highest BCUT2D eigenvalue weighted by atomic mass is 19.1. The third-order valence-corrected chi connectivity index (χ3v) is 8.23. The van der Waals surface area contributed by atoms with Crippen molar-refractivity contribution in [3.05, 3.63) is 70.0 Å². The lowest BCUT2D eigenvalue weighted by molar-refractivity contribution is 0.192. The molecular weight excluding hydrogens is 513 g/mol. The molecule has 1 saturated heterocycles. The second kappa shape index (κ2) is 11.2. The molecule has 2 aromatic heterocycles. The van der Waals surface area contributed by atoms with E-state index in [1.54, 1.807) is 20.3 Å². The van der Waals surface area contributed by atoms with Crippen molar-refractivity contribution < 1.29 is 13.9 Å². The van der Waals surface area contributed by atoms with Crippen LogP contribution in [-0.2, 0) is 0 Å². The molecule has 0 radical (unpaired) electrons. The summed E-state index contributed by atoms with van der Waals surface area (Å²) in [5, 5.41) is 13.9. The smallest absolute Gasteiger partial charge is 0.253 e. The highest BCUT2D eigenvalue weighted by Crippen LogP contribution is 2.36. The number of hydrogen-bond acceptors (Lipinski definition) is 8. The van der Waals surface area contributed by atoms with Gasteiger partial charge in [-0.3, -0.25) is 9.69 Å². The van der Waals surface area contributed by atoms with Crippen molar-refractivity contribution in [2.75, 3.05) is 45.3 Å². The van der Waals surface area contributed by atoms with E-state index in [0.717, 1.165) is 49.8 Å². The average molecular weight is 548 g/mol. The quantitative estimate of drug-likeness (QED) is 0.369. The van der Waals surface area contributed by atoms with E-state index in [2.05, 4.69) is 30.3 Å². The number of tetrazole rings is 1. The monoisotopic (exact) mass is 547 g/mol. The van der Waals surface area contributed by atoms with Crippen LogP contribution < -0.4 is 19.9 Å². The second-order valence-corrected chi connectivity index (χ2v) is 10.5. The number of piperazine rings is 1. The van der Waals surface area contributed by atoms with Gasteiger partial charge in [0.25, 0.3) is 5.56 Å². The number of benzene rings is 2. The van der Waals surface area contributed by atoms with Crippen molar-refractivity contribution in [2.24, 2.45) is 0 Å². The van der Waals surface area contributed by atoms with Crippen LogP contribution in [0, 0.1) is 5.82 Å². The summed E-state index contributed by atoms with van der Waals surface area (Å²) in [6.45, 7) is 2.82. The first-order chi connectivity index (χ1) is 19.6. The lowest BCUT2D eigenvalue weighted by atomic mass is 9.95. The maximum atomic E-state index is 13.7. The Morgan fingerprint density at radius 1 is 0.950 bits per heavy atom. The molecule has 210 valence electrons. The molecule has 0 amide bonds. The molecule has 3 heterocycles. The fourth-order valence-corrected chi connectivity index (χ4v) is 6.11. The Kier molecular flexibility index (Phi) is 7.38. The first-order valence-electron chi connectivity index (χ1n) is 13.9. The van der Waals surface area contributed by atoms with Crippen LogP contribution in [0.15, 0.2) is 47.3 Å². The number of nitrogens with one attached hydrogen (secondary N) is 1. The van der Waals surface area contributed by atoms with Gasteiger partial charge in [-0.1, -0.05) is 19.3 Å². The van der Waals surface area contributed by atoms with Crippen LogP contribution in [0.2, 0.25) is 0 Å². The molecule has 2 aliphatic rings. The van der Waals surface area contributed by atoms with Crippen LogP contribution in [0.4, 0.5) is 10.1 Å². The topological polar surface area (TPSA) is 101 Å². The number of halogens is 1. The molecule has 6 rings (SSSR count). The summed E-state index contributed by atoms with van der Waals surface area (Å²) in [5.41, 5.74) is 2.04. The zero-order chi connectivity index (χ0) is 27.6. The number of H-pyrrole nitrogens is 1. The van der Waals surface area contributed by atoms with Gasteiger partial charge in [0.1, 0.15) is 11.9 Å². The fourth-order valence-electron chi connectivity index (χ4n) is 6.11. The first-order valence-corrected chi connectivity index (χ1v) is 13.9. The Labute approximate surface area is 231 Å². The predicted molar refractivity (Wildman–Crippen MR) is 150 cm³/mol. The summed E-state index contributed by atoms with van der Waals surface area (Å²) in [4.78, 5) is 21.3. The van der Waals surface area contributed by atoms with E-state index in [4.69, 9.17) is 9.47 Å². The number of anilines is 1. The molecule has 40 heavy (non-hydrogen) atoms. The van der Waals surface area contributed by atoms with Gasteiger partial charge in [-0.2, -0.15) is 0 Å². The molecule has 1 N–H and O–H groups in total. The van der Waals surface area contributed by atoms with Crippen molar-refractivity contribution in [3.63, 3.8) is 0 Å². The number of ether oxygens (including phenoxy) is 2. The zero-order valence-corrected chi connectivity index (χ0v) is 22.8. The fraction of sp³-hybridized carbons (Fsp3) is 0.448. The maximum Gasteiger partial charge on any atom is 0.253 e. The molecule has 0 spiro atoms. The van der Waals surface area contributed by atoms with Gasteiger partial charge in [0, 0.05) is 48.9 Å². The average Bonchev–Trinajstić information content (AvgIpc) is 3.47. The van der Waals surface area contributed by atoms with E-state index >= 15 is 0 Å². The minimum atomic E-state index is -0.437. The van der Waals surface area contributed by atoms with E-state index in [1.165, 1.54) is 18.6 Å². The summed E-state index contributed by atoms with van der Waals surface area (Å²) >= 11 is 0. The Morgan fingerprint density at radius 2 is 1.65 bits per heavy atom. The summed E-state index contributed by atoms with van der Waals surface area (Å²) < 4.78 is 26.4. The number of aromatic nitrogens is 5. The zero-order valence-electron chi connectivity index (χ0n) is 22.8. The van der Waals surface area contributed by atoms with Crippen molar-refractivity contribution in [1.29, 1.82) is 0 Å². The lowest BCUT2D eigenvalue weighted by Gasteiger charge is -2.40. The highest BCUT2D eigenvalue weighted by molar-refractivity contribution is 5.83. The number of aromatic amines is 1. The molecule has 10 nitrogen and oxygen atoms in total. The van der Waals surface area contributed by atoms with Crippen molar-refractivity contribution in [3.8, 4) is 11.5 Å².